The molecule has 0 saturated carbocycles. The Labute approximate surface area is 211 Å². The van der Waals surface area contributed by atoms with Gasteiger partial charge in [0.1, 0.15) is 0 Å². The Balaban J connectivity index is 1.57. The average molecular weight is 477 g/mol. The molecule has 0 aliphatic rings. The first-order valence-electron chi connectivity index (χ1n) is 12.2. The predicted molar refractivity (Wildman–Crippen MR) is 154 cm³/mol. The van der Waals surface area contributed by atoms with Crippen LogP contribution in [0.5, 0.6) is 0 Å². The first kappa shape index (κ1) is 19.8. The van der Waals surface area contributed by atoms with Gasteiger partial charge < -0.3 is 4.57 Å². The standard InChI is InChI=1S/C33H20N2S/c1-2-10-22(11-3-1)26-18-20-29-32(34-26)31-28(19-17-25-24-14-6-7-16-30(24)36-33(25)31)35(29)27-15-8-12-21-9-4-5-13-23(21)27/h1-20H. The summed E-state index contributed by atoms with van der Waals surface area (Å²) in [5.41, 5.74) is 6.69. The van der Waals surface area contributed by atoms with Crippen LogP contribution in [0.1, 0.15) is 0 Å². The average Bonchev–Trinajstić information content (AvgIpc) is 3.48. The highest BCUT2D eigenvalue weighted by Gasteiger charge is 2.20. The Hall–Kier alpha value is -4.47. The summed E-state index contributed by atoms with van der Waals surface area (Å²) in [5, 5.41) is 6.32. The molecule has 168 valence electrons. The lowest BCUT2D eigenvalue weighted by Gasteiger charge is -2.11. The van der Waals surface area contributed by atoms with Crippen LogP contribution >= 0.6 is 11.3 Å². The lowest BCUT2D eigenvalue weighted by Crippen LogP contribution is -1.95. The van der Waals surface area contributed by atoms with Crippen LogP contribution in [0, 0.1) is 0 Å². The van der Waals surface area contributed by atoms with E-state index in [0.717, 1.165) is 22.3 Å². The van der Waals surface area contributed by atoms with E-state index in [-0.39, 0.29) is 0 Å². The molecule has 3 aromatic heterocycles. The summed E-state index contributed by atoms with van der Waals surface area (Å²) < 4.78 is 5.01. The van der Waals surface area contributed by atoms with Crippen molar-refractivity contribution < 1.29 is 0 Å². The molecule has 0 fully saturated rings. The maximum atomic E-state index is 5.31. The molecule has 0 radical (unpaired) electrons. The molecule has 3 heteroatoms. The van der Waals surface area contributed by atoms with Crippen LogP contribution in [0.2, 0.25) is 0 Å². The fourth-order valence-corrected chi connectivity index (χ4v) is 6.82. The minimum absolute atomic E-state index is 0.998. The predicted octanol–water partition coefficient (Wildman–Crippen LogP) is 9.37. The summed E-state index contributed by atoms with van der Waals surface area (Å²) in [6, 6.07) is 43.3. The van der Waals surface area contributed by atoms with Crippen LogP contribution in [0.3, 0.4) is 0 Å². The number of benzene rings is 5. The SMILES string of the molecule is c1ccc(-c2ccc3c(n2)c2c4sc5ccccc5c4ccc2n3-c2cccc3ccccc23)cc1. The van der Waals surface area contributed by atoms with Gasteiger partial charge in [-0.1, -0.05) is 91.0 Å². The van der Waals surface area contributed by atoms with Crippen molar-refractivity contribution in [2.24, 2.45) is 0 Å². The molecule has 2 nitrogen and oxygen atoms in total. The highest BCUT2D eigenvalue weighted by Crippen LogP contribution is 2.43. The lowest BCUT2D eigenvalue weighted by molar-refractivity contribution is 1.19. The Morgan fingerprint density at radius 1 is 0.556 bits per heavy atom. The third kappa shape index (κ3) is 2.75. The van der Waals surface area contributed by atoms with E-state index < -0.39 is 0 Å². The fraction of sp³-hybridized carbons (Fsp3) is 0. The molecule has 0 atom stereocenters. The maximum absolute atomic E-state index is 5.31. The van der Waals surface area contributed by atoms with Crippen molar-refractivity contribution in [3.8, 4) is 16.9 Å². The summed E-state index contributed by atoms with van der Waals surface area (Å²) in [7, 11) is 0. The van der Waals surface area contributed by atoms with E-state index >= 15 is 0 Å². The Morgan fingerprint density at radius 2 is 1.31 bits per heavy atom. The number of rotatable bonds is 2. The smallest absolute Gasteiger partial charge is 0.0985 e. The van der Waals surface area contributed by atoms with E-state index in [0.29, 0.717) is 0 Å². The second-order valence-electron chi connectivity index (χ2n) is 9.20. The zero-order chi connectivity index (χ0) is 23.6. The minimum Gasteiger partial charge on any atom is -0.307 e. The first-order valence-corrected chi connectivity index (χ1v) is 13.0. The van der Waals surface area contributed by atoms with Gasteiger partial charge in [-0.05, 0) is 35.7 Å². The van der Waals surface area contributed by atoms with Crippen LogP contribution in [-0.4, -0.2) is 9.55 Å². The molecule has 36 heavy (non-hydrogen) atoms. The summed E-state index contributed by atoms with van der Waals surface area (Å²) >= 11 is 1.87. The van der Waals surface area contributed by atoms with Crippen LogP contribution < -0.4 is 0 Å². The molecule has 0 unspecified atom stereocenters. The van der Waals surface area contributed by atoms with Gasteiger partial charge in [0.05, 0.1) is 27.9 Å². The molecule has 0 aliphatic carbocycles. The van der Waals surface area contributed by atoms with Crippen molar-refractivity contribution >= 4 is 64.2 Å². The highest BCUT2D eigenvalue weighted by atomic mass is 32.1. The van der Waals surface area contributed by atoms with Gasteiger partial charge >= 0.3 is 0 Å². The molecule has 0 amide bonds. The normalized spacial score (nSPS) is 11.9. The molecular formula is C33H20N2S. The summed E-state index contributed by atoms with van der Waals surface area (Å²) in [4.78, 5) is 5.31. The number of fused-ring (bicyclic) bond motifs is 8. The van der Waals surface area contributed by atoms with Gasteiger partial charge in [0.25, 0.3) is 0 Å². The van der Waals surface area contributed by atoms with E-state index in [9.17, 15) is 0 Å². The van der Waals surface area contributed by atoms with Gasteiger partial charge in [-0.25, -0.2) is 4.98 Å². The molecular weight excluding hydrogens is 456 g/mol. The largest absolute Gasteiger partial charge is 0.307 e. The monoisotopic (exact) mass is 476 g/mol. The van der Waals surface area contributed by atoms with Crippen molar-refractivity contribution in [2.45, 2.75) is 0 Å². The molecule has 8 aromatic rings. The van der Waals surface area contributed by atoms with E-state index in [1.807, 2.05) is 11.3 Å². The zero-order valence-electron chi connectivity index (χ0n) is 19.3. The first-order chi connectivity index (χ1) is 17.9. The van der Waals surface area contributed by atoms with Crippen molar-refractivity contribution in [3.05, 3.63) is 121 Å². The summed E-state index contributed by atoms with van der Waals surface area (Å²) in [6.07, 6.45) is 0. The van der Waals surface area contributed by atoms with Crippen molar-refractivity contribution in [2.75, 3.05) is 0 Å². The number of pyridine rings is 1. The number of nitrogens with zero attached hydrogens (tertiary/aromatic N) is 2. The van der Waals surface area contributed by atoms with Gasteiger partial charge in [-0.15, -0.1) is 11.3 Å². The van der Waals surface area contributed by atoms with E-state index in [2.05, 4.69) is 126 Å². The second kappa shape index (κ2) is 7.51. The van der Waals surface area contributed by atoms with Crippen molar-refractivity contribution in [1.29, 1.82) is 0 Å². The molecule has 0 aliphatic heterocycles. The van der Waals surface area contributed by atoms with Crippen molar-refractivity contribution in [1.82, 2.24) is 9.55 Å². The minimum atomic E-state index is 0.998. The molecule has 8 rings (SSSR count). The molecule has 3 heterocycles. The molecule has 0 bridgehead atoms. The molecule has 0 N–H and O–H groups in total. The van der Waals surface area contributed by atoms with E-state index in [1.54, 1.807) is 0 Å². The third-order valence-corrected chi connectivity index (χ3v) is 8.40. The van der Waals surface area contributed by atoms with Crippen molar-refractivity contribution in [3.63, 3.8) is 0 Å². The van der Waals surface area contributed by atoms with Gasteiger partial charge in [0, 0.05) is 36.5 Å². The summed E-state index contributed by atoms with van der Waals surface area (Å²) in [6.45, 7) is 0. The number of aromatic nitrogens is 2. The number of hydrogen-bond donors (Lipinski definition) is 0. The zero-order valence-corrected chi connectivity index (χ0v) is 20.2. The number of hydrogen-bond acceptors (Lipinski definition) is 2. The lowest BCUT2D eigenvalue weighted by atomic mass is 10.1. The highest BCUT2D eigenvalue weighted by molar-refractivity contribution is 7.26. The third-order valence-electron chi connectivity index (χ3n) is 7.19. The quantitative estimate of drug-likeness (QED) is 0.243. The van der Waals surface area contributed by atoms with E-state index in [4.69, 9.17) is 4.98 Å². The van der Waals surface area contributed by atoms with Gasteiger partial charge in [0.2, 0.25) is 0 Å². The van der Waals surface area contributed by atoms with Gasteiger partial charge in [0.15, 0.2) is 0 Å². The van der Waals surface area contributed by atoms with Crippen LogP contribution in [-0.2, 0) is 0 Å². The topological polar surface area (TPSA) is 17.8 Å². The Morgan fingerprint density at radius 3 is 2.22 bits per heavy atom. The molecule has 5 aromatic carbocycles. The Kier molecular flexibility index (Phi) is 4.13. The maximum Gasteiger partial charge on any atom is 0.0985 e. The fourth-order valence-electron chi connectivity index (χ4n) is 5.57. The second-order valence-corrected chi connectivity index (χ2v) is 10.3. The van der Waals surface area contributed by atoms with E-state index in [1.165, 1.54) is 47.5 Å². The van der Waals surface area contributed by atoms with Gasteiger partial charge in [-0.3, -0.25) is 0 Å². The molecule has 0 saturated heterocycles. The Bertz CT molecular complexity index is 2090. The van der Waals surface area contributed by atoms with Crippen LogP contribution in [0.25, 0.3) is 69.8 Å². The van der Waals surface area contributed by atoms with Crippen LogP contribution in [0.4, 0.5) is 0 Å². The number of thiophene rings is 1. The van der Waals surface area contributed by atoms with Gasteiger partial charge in [-0.2, -0.15) is 0 Å². The summed E-state index contributed by atoms with van der Waals surface area (Å²) in [5.74, 6) is 0. The van der Waals surface area contributed by atoms with Crippen LogP contribution in [0.15, 0.2) is 121 Å². The molecule has 0 spiro atoms.